The average molecular weight is 464 g/mol. The first kappa shape index (κ1) is 22.5. The second-order valence-electron chi connectivity index (χ2n) is 8.35. The van der Waals surface area contributed by atoms with Crippen molar-refractivity contribution in [3.8, 4) is 0 Å². The van der Waals surface area contributed by atoms with E-state index in [1.807, 2.05) is 73.7 Å². The van der Waals surface area contributed by atoms with E-state index < -0.39 is 0 Å². The Kier molecular flexibility index (Phi) is 6.12. The fraction of sp³-hybridized carbons (Fsp3) is 0.138. The lowest BCUT2D eigenvalue weighted by molar-refractivity contribution is 0.102. The number of carbonyl (C=O) groups excluding carboxylic acids is 1. The molecule has 2 aromatic heterocycles. The minimum atomic E-state index is -0.353. The second-order valence-corrected chi connectivity index (χ2v) is 8.35. The Hall–Kier alpha value is -4.29. The van der Waals surface area contributed by atoms with E-state index in [0.717, 1.165) is 17.2 Å². The zero-order valence-electron chi connectivity index (χ0n) is 19.6. The van der Waals surface area contributed by atoms with Crippen LogP contribution in [0.3, 0.4) is 0 Å². The summed E-state index contributed by atoms with van der Waals surface area (Å²) in [6.45, 7) is 3.69. The van der Waals surface area contributed by atoms with Crippen molar-refractivity contribution >= 4 is 39.0 Å². The molecule has 0 fully saturated rings. The first-order chi connectivity index (χ1) is 17.1. The van der Waals surface area contributed by atoms with Crippen molar-refractivity contribution < 1.29 is 14.3 Å². The number of aromatic nitrogens is 1. The third kappa shape index (κ3) is 4.44. The van der Waals surface area contributed by atoms with Crippen molar-refractivity contribution in [2.24, 2.45) is 4.99 Å². The normalized spacial score (nSPS) is 11.8. The number of carbonyl (C=O) groups is 1. The molecule has 35 heavy (non-hydrogen) atoms. The van der Waals surface area contributed by atoms with Crippen molar-refractivity contribution in [1.82, 2.24) is 4.98 Å². The van der Waals surface area contributed by atoms with Gasteiger partial charge in [-0.3, -0.25) is 9.78 Å². The van der Waals surface area contributed by atoms with Crippen LogP contribution in [-0.2, 0) is 13.0 Å². The molecule has 5 rings (SSSR count). The Bertz CT molecular complexity index is 1610. The van der Waals surface area contributed by atoms with E-state index >= 15 is 0 Å². The van der Waals surface area contributed by atoms with Crippen LogP contribution in [0.2, 0.25) is 0 Å². The number of aryl methyl sites for hydroxylation is 2. The Labute approximate surface area is 202 Å². The SMILES string of the molecule is CCc1ccc(N=c2oc3c(C)ncc(CO)c3cc2C(=O)Nc2cccc3ccccc23)cc1. The molecular weight excluding hydrogens is 438 g/mol. The number of nitrogens with zero attached hydrogens (tertiary/aromatic N) is 2. The number of aliphatic hydroxyl groups is 1. The van der Waals surface area contributed by atoms with Crippen LogP contribution in [0.25, 0.3) is 21.7 Å². The summed E-state index contributed by atoms with van der Waals surface area (Å²) in [4.78, 5) is 22.6. The third-order valence-corrected chi connectivity index (χ3v) is 6.08. The lowest BCUT2D eigenvalue weighted by Gasteiger charge is -2.11. The monoisotopic (exact) mass is 463 g/mol. The van der Waals surface area contributed by atoms with Gasteiger partial charge in [0.05, 0.1) is 18.0 Å². The largest absolute Gasteiger partial charge is 0.436 e. The van der Waals surface area contributed by atoms with Crippen LogP contribution in [0.4, 0.5) is 11.4 Å². The van der Waals surface area contributed by atoms with E-state index in [2.05, 4.69) is 22.2 Å². The number of aliphatic hydroxyl groups excluding tert-OH is 1. The molecule has 0 spiro atoms. The van der Waals surface area contributed by atoms with Gasteiger partial charge in [0.2, 0.25) is 5.55 Å². The van der Waals surface area contributed by atoms with E-state index in [-0.39, 0.29) is 23.6 Å². The molecule has 6 heteroatoms. The van der Waals surface area contributed by atoms with Crippen molar-refractivity contribution in [3.63, 3.8) is 0 Å². The summed E-state index contributed by atoms with van der Waals surface area (Å²) in [5, 5.41) is 15.5. The predicted molar refractivity (Wildman–Crippen MR) is 138 cm³/mol. The quantitative estimate of drug-likeness (QED) is 0.343. The maximum absolute atomic E-state index is 13.6. The number of hydrogen-bond acceptors (Lipinski definition) is 5. The maximum atomic E-state index is 13.6. The molecule has 0 saturated heterocycles. The van der Waals surface area contributed by atoms with E-state index in [4.69, 9.17) is 4.42 Å². The fourth-order valence-electron chi connectivity index (χ4n) is 4.11. The highest BCUT2D eigenvalue weighted by atomic mass is 16.3. The van der Waals surface area contributed by atoms with E-state index in [9.17, 15) is 9.90 Å². The average Bonchev–Trinajstić information content (AvgIpc) is 2.89. The van der Waals surface area contributed by atoms with E-state index in [1.54, 1.807) is 12.3 Å². The van der Waals surface area contributed by atoms with Gasteiger partial charge in [0.15, 0.2) is 5.58 Å². The lowest BCUT2D eigenvalue weighted by atomic mass is 10.1. The summed E-state index contributed by atoms with van der Waals surface area (Å²) in [5.74, 6) is -0.353. The van der Waals surface area contributed by atoms with E-state index in [1.165, 1.54) is 5.56 Å². The van der Waals surface area contributed by atoms with Crippen LogP contribution in [-0.4, -0.2) is 16.0 Å². The number of nitrogens with one attached hydrogen (secondary N) is 1. The van der Waals surface area contributed by atoms with Crippen molar-refractivity contribution in [2.45, 2.75) is 26.9 Å². The molecule has 0 atom stereocenters. The molecule has 0 radical (unpaired) electrons. The van der Waals surface area contributed by atoms with Gasteiger partial charge < -0.3 is 14.8 Å². The molecule has 1 amide bonds. The van der Waals surface area contributed by atoms with Crippen LogP contribution in [0, 0.1) is 6.92 Å². The van der Waals surface area contributed by atoms with Crippen LogP contribution >= 0.6 is 0 Å². The number of hydrogen-bond donors (Lipinski definition) is 2. The predicted octanol–water partition coefficient (Wildman–Crippen LogP) is 5.83. The molecule has 0 aliphatic carbocycles. The van der Waals surface area contributed by atoms with E-state index in [0.29, 0.717) is 33.6 Å². The summed E-state index contributed by atoms with van der Waals surface area (Å²) < 4.78 is 6.17. The van der Waals surface area contributed by atoms with Gasteiger partial charge in [-0.15, -0.1) is 0 Å². The third-order valence-electron chi connectivity index (χ3n) is 6.08. The number of rotatable bonds is 5. The molecule has 5 aromatic rings. The smallest absolute Gasteiger partial charge is 0.261 e. The second kappa shape index (κ2) is 9.52. The van der Waals surface area contributed by atoms with Gasteiger partial charge >= 0.3 is 0 Å². The first-order valence-corrected chi connectivity index (χ1v) is 11.5. The number of fused-ring (bicyclic) bond motifs is 2. The molecule has 0 aliphatic heterocycles. The summed E-state index contributed by atoms with van der Waals surface area (Å²) in [7, 11) is 0. The Morgan fingerprint density at radius 3 is 2.57 bits per heavy atom. The zero-order valence-corrected chi connectivity index (χ0v) is 19.6. The molecule has 0 bridgehead atoms. The number of pyridine rings is 1. The van der Waals surface area contributed by atoms with Crippen molar-refractivity contribution in [3.05, 3.63) is 107 Å². The summed E-state index contributed by atoms with van der Waals surface area (Å²) in [5.41, 5.74) is 4.73. The molecule has 6 nitrogen and oxygen atoms in total. The molecule has 2 heterocycles. The Balaban J connectivity index is 1.69. The van der Waals surface area contributed by atoms with Gasteiger partial charge in [-0.05, 0) is 48.6 Å². The van der Waals surface area contributed by atoms with Crippen LogP contribution in [0.1, 0.15) is 34.1 Å². The maximum Gasteiger partial charge on any atom is 0.261 e. The van der Waals surface area contributed by atoms with Gasteiger partial charge in [0, 0.05) is 28.2 Å². The molecular formula is C29H25N3O3. The van der Waals surface area contributed by atoms with Crippen molar-refractivity contribution in [2.75, 3.05) is 5.32 Å². The number of amides is 1. The minimum absolute atomic E-state index is 0.180. The molecule has 0 unspecified atom stereocenters. The summed E-state index contributed by atoms with van der Waals surface area (Å²) >= 11 is 0. The first-order valence-electron chi connectivity index (χ1n) is 11.5. The van der Waals surface area contributed by atoms with Crippen LogP contribution in [0.5, 0.6) is 0 Å². The lowest BCUT2D eigenvalue weighted by Crippen LogP contribution is -2.22. The van der Waals surface area contributed by atoms with Crippen LogP contribution < -0.4 is 10.9 Å². The van der Waals surface area contributed by atoms with Crippen molar-refractivity contribution in [1.29, 1.82) is 0 Å². The van der Waals surface area contributed by atoms with Gasteiger partial charge in [-0.2, -0.15) is 0 Å². The standard InChI is InChI=1S/C29H25N3O3/c1-3-19-11-13-22(14-12-19)31-29-25(15-24-21(17-33)16-30-18(2)27(24)35-29)28(34)32-26-10-6-8-20-7-4-5-9-23(20)26/h4-16,33H,3,17H2,1-2H3,(H,32,34). The van der Waals surface area contributed by atoms with Gasteiger partial charge in [0.1, 0.15) is 5.56 Å². The zero-order chi connectivity index (χ0) is 24.4. The topological polar surface area (TPSA) is 87.7 Å². The highest BCUT2D eigenvalue weighted by Crippen LogP contribution is 2.25. The number of benzene rings is 3. The fourth-order valence-corrected chi connectivity index (χ4v) is 4.11. The molecule has 3 aromatic carbocycles. The molecule has 174 valence electrons. The molecule has 0 saturated carbocycles. The minimum Gasteiger partial charge on any atom is -0.436 e. The Morgan fingerprint density at radius 1 is 1.03 bits per heavy atom. The van der Waals surface area contributed by atoms with Gasteiger partial charge in [-0.25, -0.2) is 4.99 Å². The highest BCUT2D eigenvalue weighted by molar-refractivity contribution is 6.10. The van der Waals surface area contributed by atoms with Crippen LogP contribution in [0.15, 0.2) is 88.4 Å². The summed E-state index contributed by atoms with van der Waals surface area (Å²) in [6, 6.07) is 23.2. The number of anilines is 1. The van der Waals surface area contributed by atoms with Gasteiger partial charge in [0.25, 0.3) is 5.91 Å². The Morgan fingerprint density at radius 2 is 1.80 bits per heavy atom. The highest BCUT2D eigenvalue weighted by Gasteiger charge is 2.17. The molecule has 2 N–H and O–H groups in total. The molecule has 0 aliphatic rings. The van der Waals surface area contributed by atoms with Gasteiger partial charge in [-0.1, -0.05) is 55.5 Å². The summed E-state index contributed by atoms with van der Waals surface area (Å²) in [6.07, 6.45) is 2.52.